The van der Waals surface area contributed by atoms with Crippen LogP contribution in [0.25, 0.3) is 22.2 Å². The van der Waals surface area contributed by atoms with Gasteiger partial charge in [0.25, 0.3) is 0 Å². The van der Waals surface area contributed by atoms with Crippen LogP contribution >= 0.6 is 11.3 Å². The van der Waals surface area contributed by atoms with Crippen molar-refractivity contribution in [2.75, 3.05) is 18.9 Å². The molecule has 2 N–H and O–H groups in total. The minimum absolute atomic E-state index is 0.121. The van der Waals surface area contributed by atoms with E-state index in [2.05, 4.69) is 36.8 Å². The third-order valence-electron chi connectivity index (χ3n) is 6.56. The highest BCUT2D eigenvalue weighted by atomic mass is 32.1. The molecule has 0 bridgehead atoms. The first kappa shape index (κ1) is 30.3. The van der Waals surface area contributed by atoms with Gasteiger partial charge in [0, 0.05) is 36.2 Å². The zero-order valence-electron chi connectivity index (χ0n) is 24.5. The number of amides is 1. The van der Waals surface area contributed by atoms with Gasteiger partial charge in [-0.15, -0.1) is 0 Å². The summed E-state index contributed by atoms with van der Waals surface area (Å²) in [7, 11) is 1.93. The summed E-state index contributed by atoms with van der Waals surface area (Å²) >= 11 is 1.14. The van der Waals surface area contributed by atoms with Gasteiger partial charge in [-0.05, 0) is 90.4 Å². The number of hydrogen-bond donors (Lipinski definition) is 2. The van der Waals surface area contributed by atoms with Crippen LogP contribution in [0.15, 0.2) is 35.0 Å². The molecule has 10 nitrogen and oxygen atoms in total. The number of aryl methyl sites for hydroxylation is 3. The van der Waals surface area contributed by atoms with Crippen LogP contribution in [0.5, 0.6) is 0 Å². The number of ether oxygens (including phenoxy) is 1. The second-order valence-corrected chi connectivity index (χ2v) is 12.2. The molecular weight excluding hydrogens is 540 g/mol. The number of hydrogen-bond acceptors (Lipinski definition) is 10. The number of thiazole rings is 1. The number of anilines is 1. The summed E-state index contributed by atoms with van der Waals surface area (Å²) in [5.74, 6) is 0.661. The Bertz CT molecular complexity index is 1510. The molecule has 3 heterocycles. The highest BCUT2D eigenvalue weighted by molar-refractivity contribution is 7.17. The SMILES string of the molecule is CNCCC[C@H](CCc1nccc2ccc(-c3noc(C)n3)cc12)CC(=O)Nc1nc(C)c(C(=O)OC(C)(C)C)s1. The van der Waals surface area contributed by atoms with Gasteiger partial charge >= 0.3 is 5.97 Å². The second kappa shape index (κ2) is 13.3. The Balaban J connectivity index is 1.45. The summed E-state index contributed by atoms with van der Waals surface area (Å²) in [6, 6.07) is 8.07. The third kappa shape index (κ3) is 8.40. The van der Waals surface area contributed by atoms with Crippen LogP contribution in [0.4, 0.5) is 5.13 Å². The summed E-state index contributed by atoms with van der Waals surface area (Å²) in [5, 5.41) is 12.7. The van der Waals surface area contributed by atoms with E-state index in [0.717, 1.165) is 65.6 Å². The minimum Gasteiger partial charge on any atom is -0.456 e. The fourth-order valence-electron chi connectivity index (χ4n) is 4.64. The first-order chi connectivity index (χ1) is 19.5. The van der Waals surface area contributed by atoms with Crippen molar-refractivity contribution in [2.24, 2.45) is 5.92 Å². The van der Waals surface area contributed by atoms with Crippen LogP contribution in [-0.2, 0) is 16.0 Å². The number of aromatic nitrogens is 4. The molecule has 41 heavy (non-hydrogen) atoms. The zero-order chi connectivity index (χ0) is 29.6. The van der Waals surface area contributed by atoms with Crippen LogP contribution in [0.3, 0.4) is 0 Å². The first-order valence-electron chi connectivity index (χ1n) is 13.9. The van der Waals surface area contributed by atoms with Gasteiger partial charge in [0.2, 0.25) is 17.6 Å². The Morgan fingerprint density at radius 2 is 1.93 bits per heavy atom. The average Bonchev–Trinajstić information content (AvgIpc) is 3.50. The molecule has 0 saturated heterocycles. The number of esters is 1. The zero-order valence-corrected chi connectivity index (χ0v) is 25.4. The molecule has 0 spiro atoms. The normalized spacial score (nSPS) is 12.4. The van der Waals surface area contributed by atoms with E-state index in [9.17, 15) is 9.59 Å². The maximum absolute atomic E-state index is 13.1. The topological polar surface area (TPSA) is 132 Å². The highest BCUT2D eigenvalue weighted by Crippen LogP contribution is 2.28. The van der Waals surface area contributed by atoms with Crippen molar-refractivity contribution in [1.82, 2.24) is 25.4 Å². The van der Waals surface area contributed by atoms with Gasteiger partial charge in [-0.1, -0.05) is 28.6 Å². The molecule has 0 aliphatic carbocycles. The Hall–Kier alpha value is -3.70. The lowest BCUT2D eigenvalue weighted by molar-refractivity contribution is -0.117. The molecule has 4 rings (SSSR count). The number of nitrogens with zero attached hydrogens (tertiary/aromatic N) is 4. The number of carbonyl (C=O) groups excluding carboxylic acids is 2. The smallest absolute Gasteiger partial charge is 0.350 e. The van der Waals surface area contributed by atoms with Gasteiger partial charge in [0.05, 0.1) is 5.69 Å². The lowest BCUT2D eigenvalue weighted by Crippen LogP contribution is -2.23. The molecule has 0 fully saturated rings. The summed E-state index contributed by atoms with van der Waals surface area (Å²) in [6.07, 6.45) is 5.55. The van der Waals surface area contributed by atoms with Crippen LogP contribution in [-0.4, -0.2) is 51.2 Å². The van der Waals surface area contributed by atoms with Gasteiger partial charge in [-0.2, -0.15) is 4.98 Å². The highest BCUT2D eigenvalue weighted by Gasteiger charge is 2.24. The molecule has 1 aromatic carbocycles. The van der Waals surface area contributed by atoms with E-state index in [-0.39, 0.29) is 11.8 Å². The molecule has 1 atom stereocenters. The van der Waals surface area contributed by atoms with E-state index < -0.39 is 11.6 Å². The van der Waals surface area contributed by atoms with Gasteiger partial charge in [0.15, 0.2) is 5.13 Å². The van der Waals surface area contributed by atoms with E-state index in [0.29, 0.717) is 33.8 Å². The number of rotatable bonds is 12. The number of benzene rings is 1. The lowest BCUT2D eigenvalue weighted by atomic mass is 9.92. The molecule has 1 amide bonds. The standard InChI is InChI=1S/C30H38N6O4S/c1-18-26(28(38)39-30(3,4)5)41-29(33-18)35-25(37)16-20(8-7-14-31-6)9-12-24-23-17-22(27-34-19(2)40-36-27)11-10-21(23)13-15-32-24/h10-11,13,15,17,20,31H,7-9,12,14,16H2,1-6H3,(H,33,35,37)/t20-/m1/s1. The van der Waals surface area contributed by atoms with Gasteiger partial charge in [-0.3, -0.25) is 9.78 Å². The monoisotopic (exact) mass is 578 g/mol. The van der Waals surface area contributed by atoms with Crippen LogP contribution < -0.4 is 10.6 Å². The maximum atomic E-state index is 13.1. The quantitative estimate of drug-likeness (QED) is 0.156. The predicted octanol–water partition coefficient (Wildman–Crippen LogP) is 5.89. The molecule has 3 aromatic heterocycles. The second-order valence-electron chi connectivity index (χ2n) is 11.2. The van der Waals surface area contributed by atoms with Gasteiger partial charge < -0.3 is 19.9 Å². The molecule has 0 radical (unpaired) electrons. The van der Waals surface area contributed by atoms with Crippen molar-refractivity contribution in [2.45, 2.75) is 72.3 Å². The number of nitrogens with one attached hydrogen (secondary N) is 2. The van der Waals surface area contributed by atoms with Gasteiger partial charge in [0.1, 0.15) is 10.5 Å². The van der Waals surface area contributed by atoms with Crippen molar-refractivity contribution < 1.29 is 18.8 Å². The van der Waals surface area contributed by atoms with E-state index in [4.69, 9.17) is 9.26 Å². The Morgan fingerprint density at radius 3 is 2.63 bits per heavy atom. The van der Waals surface area contributed by atoms with E-state index in [1.165, 1.54) is 0 Å². The van der Waals surface area contributed by atoms with E-state index in [1.807, 2.05) is 52.2 Å². The van der Waals surface area contributed by atoms with Crippen molar-refractivity contribution >= 4 is 39.1 Å². The third-order valence-corrected chi connectivity index (χ3v) is 7.62. The van der Waals surface area contributed by atoms with Crippen molar-refractivity contribution in [3.8, 4) is 11.4 Å². The summed E-state index contributed by atoms with van der Waals surface area (Å²) in [4.78, 5) is 39.5. The first-order valence-corrected chi connectivity index (χ1v) is 14.7. The number of pyridine rings is 1. The van der Waals surface area contributed by atoms with E-state index >= 15 is 0 Å². The molecular formula is C30H38N6O4S. The Morgan fingerprint density at radius 1 is 1.12 bits per heavy atom. The number of carbonyl (C=O) groups is 2. The maximum Gasteiger partial charge on any atom is 0.350 e. The summed E-state index contributed by atoms with van der Waals surface area (Å²) in [6.45, 7) is 9.85. The van der Waals surface area contributed by atoms with Crippen LogP contribution in [0.1, 0.15) is 73.4 Å². The molecule has 218 valence electrons. The molecule has 0 saturated carbocycles. The predicted molar refractivity (Wildman–Crippen MR) is 160 cm³/mol. The van der Waals surface area contributed by atoms with Crippen LogP contribution in [0, 0.1) is 19.8 Å². The Kier molecular flexibility index (Phi) is 9.82. The fraction of sp³-hybridized carbons (Fsp3) is 0.467. The van der Waals surface area contributed by atoms with Crippen molar-refractivity contribution in [3.05, 3.63) is 52.6 Å². The Labute approximate surface area is 244 Å². The lowest BCUT2D eigenvalue weighted by Gasteiger charge is -2.18. The van der Waals surface area contributed by atoms with E-state index in [1.54, 1.807) is 13.8 Å². The minimum atomic E-state index is -0.607. The molecule has 0 unspecified atom stereocenters. The van der Waals surface area contributed by atoms with Crippen molar-refractivity contribution in [3.63, 3.8) is 0 Å². The molecule has 4 aromatic rings. The van der Waals surface area contributed by atoms with Gasteiger partial charge in [-0.25, -0.2) is 9.78 Å². The summed E-state index contributed by atoms with van der Waals surface area (Å²) in [5.41, 5.74) is 1.78. The number of fused-ring (bicyclic) bond motifs is 1. The summed E-state index contributed by atoms with van der Waals surface area (Å²) < 4.78 is 10.6. The average molecular weight is 579 g/mol. The largest absolute Gasteiger partial charge is 0.456 e. The molecule has 11 heteroatoms. The fourth-order valence-corrected chi connectivity index (χ4v) is 5.50. The van der Waals surface area contributed by atoms with Crippen molar-refractivity contribution in [1.29, 1.82) is 0 Å². The van der Waals surface area contributed by atoms with Crippen LogP contribution in [0.2, 0.25) is 0 Å². The molecule has 0 aliphatic heterocycles. The molecule has 0 aliphatic rings.